The highest BCUT2D eigenvalue weighted by Gasteiger charge is 2.18. The van der Waals surface area contributed by atoms with Crippen molar-refractivity contribution in [2.75, 3.05) is 12.4 Å². The van der Waals surface area contributed by atoms with Crippen LogP contribution in [0.4, 0.5) is 5.69 Å². The van der Waals surface area contributed by atoms with Crippen LogP contribution in [-0.2, 0) is 11.2 Å². The van der Waals surface area contributed by atoms with E-state index in [9.17, 15) is 14.4 Å². The summed E-state index contributed by atoms with van der Waals surface area (Å²) in [5.74, 6) is -0.740. The molecule has 2 aromatic rings. The molecule has 0 aliphatic carbocycles. The Morgan fingerprint density at radius 2 is 1.85 bits per heavy atom. The van der Waals surface area contributed by atoms with Gasteiger partial charge >= 0.3 is 0 Å². The van der Waals surface area contributed by atoms with Crippen LogP contribution in [0, 0.1) is 0 Å². The molecular weight excluding hydrogens is 358 g/mol. The number of aryl methyl sites for hydroxylation is 1. The van der Waals surface area contributed by atoms with E-state index in [4.69, 9.17) is 16.3 Å². The Labute approximate surface area is 154 Å². The first kappa shape index (κ1) is 17.8. The number of hydrogen-bond donors (Lipinski definition) is 3. The van der Waals surface area contributed by atoms with Crippen LogP contribution in [0.5, 0.6) is 5.75 Å². The second kappa shape index (κ2) is 7.45. The normalized spacial score (nSPS) is 12.6. The summed E-state index contributed by atoms with van der Waals surface area (Å²) in [5, 5.41) is 3.18. The molecule has 2 aromatic carbocycles. The molecule has 134 valence electrons. The topological polar surface area (TPSA) is 96.5 Å². The molecule has 26 heavy (non-hydrogen) atoms. The number of benzene rings is 2. The van der Waals surface area contributed by atoms with Crippen LogP contribution in [-0.4, -0.2) is 24.8 Å². The highest BCUT2D eigenvalue weighted by atomic mass is 35.5. The average Bonchev–Trinajstić information content (AvgIpc) is 2.65. The van der Waals surface area contributed by atoms with Gasteiger partial charge in [0.25, 0.3) is 11.8 Å². The third-order valence-corrected chi connectivity index (χ3v) is 4.20. The van der Waals surface area contributed by atoms with Crippen molar-refractivity contribution in [3.8, 4) is 5.75 Å². The lowest BCUT2D eigenvalue weighted by atomic mass is 10.0. The summed E-state index contributed by atoms with van der Waals surface area (Å²) in [6, 6.07) is 9.51. The third-order valence-electron chi connectivity index (χ3n) is 3.96. The number of carbonyl (C=O) groups excluding carboxylic acids is 3. The number of methoxy groups -OCH3 is 1. The smallest absolute Gasteiger partial charge is 0.273 e. The summed E-state index contributed by atoms with van der Waals surface area (Å²) >= 11 is 5.87. The van der Waals surface area contributed by atoms with E-state index in [1.165, 1.54) is 19.2 Å². The Morgan fingerprint density at radius 1 is 1.08 bits per heavy atom. The minimum absolute atomic E-state index is 0.0427. The highest BCUT2D eigenvalue weighted by molar-refractivity contribution is 6.30. The van der Waals surface area contributed by atoms with Crippen molar-refractivity contribution in [2.24, 2.45) is 0 Å². The molecule has 3 N–H and O–H groups in total. The van der Waals surface area contributed by atoms with Crippen molar-refractivity contribution in [2.45, 2.75) is 12.8 Å². The van der Waals surface area contributed by atoms with Gasteiger partial charge in [-0.2, -0.15) is 0 Å². The Bertz CT molecular complexity index is 898. The molecule has 1 heterocycles. The molecule has 8 heteroatoms. The lowest BCUT2D eigenvalue weighted by Crippen LogP contribution is -2.41. The summed E-state index contributed by atoms with van der Waals surface area (Å²) in [5.41, 5.74) is 6.91. The second-order valence-corrected chi connectivity index (χ2v) is 6.11. The van der Waals surface area contributed by atoms with E-state index in [0.717, 1.165) is 5.56 Å². The second-order valence-electron chi connectivity index (χ2n) is 5.67. The first-order chi connectivity index (χ1) is 12.5. The van der Waals surface area contributed by atoms with E-state index >= 15 is 0 Å². The predicted molar refractivity (Wildman–Crippen MR) is 96.3 cm³/mol. The molecule has 0 unspecified atom stereocenters. The van der Waals surface area contributed by atoms with Gasteiger partial charge in [0.1, 0.15) is 5.75 Å². The summed E-state index contributed by atoms with van der Waals surface area (Å²) < 4.78 is 5.12. The molecule has 7 nitrogen and oxygen atoms in total. The molecule has 0 radical (unpaired) electrons. The van der Waals surface area contributed by atoms with Crippen molar-refractivity contribution in [3.05, 3.63) is 58.1 Å². The summed E-state index contributed by atoms with van der Waals surface area (Å²) in [4.78, 5) is 35.9. The van der Waals surface area contributed by atoms with E-state index in [-0.39, 0.29) is 11.5 Å². The maximum atomic E-state index is 12.3. The number of hydrogen-bond acceptors (Lipinski definition) is 4. The maximum Gasteiger partial charge on any atom is 0.273 e. The van der Waals surface area contributed by atoms with Gasteiger partial charge in [0.15, 0.2) is 0 Å². The molecule has 0 saturated carbocycles. The van der Waals surface area contributed by atoms with Gasteiger partial charge in [-0.25, -0.2) is 0 Å². The number of hydrazine groups is 1. The number of anilines is 1. The highest BCUT2D eigenvalue weighted by Crippen LogP contribution is 2.24. The molecule has 0 spiro atoms. The van der Waals surface area contributed by atoms with E-state index in [1.54, 1.807) is 24.3 Å². The van der Waals surface area contributed by atoms with E-state index < -0.39 is 11.8 Å². The van der Waals surface area contributed by atoms with Crippen molar-refractivity contribution < 1.29 is 19.1 Å². The lowest BCUT2D eigenvalue weighted by molar-refractivity contribution is -0.116. The molecule has 0 saturated heterocycles. The van der Waals surface area contributed by atoms with Gasteiger partial charge in [0.05, 0.1) is 12.7 Å². The largest absolute Gasteiger partial charge is 0.496 e. The minimum atomic E-state index is -0.530. The third kappa shape index (κ3) is 3.78. The molecule has 1 aliphatic rings. The number of rotatable bonds is 3. The monoisotopic (exact) mass is 373 g/mol. The number of halogens is 1. The van der Waals surface area contributed by atoms with Crippen LogP contribution in [0.3, 0.4) is 0 Å². The van der Waals surface area contributed by atoms with Crippen LogP contribution in [0.2, 0.25) is 5.02 Å². The average molecular weight is 374 g/mol. The lowest BCUT2D eigenvalue weighted by Gasteiger charge is -2.17. The van der Waals surface area contributed by atoms with Crippen molar-refractivity contribution >= 4 is 35.0 Å². The number of fused-ring (bicyclic) bond motifs is 1. The quantitative estimate of drug-likeness (QED) is 0.719. The molecule has 0 bridgehead atoms. The molecular formula is C18H16ClN3O4. The number of ether oxygens (including phenoxy) is 1. The van der Waals surface area contributed by atoms with Crippen LogP contribution < -0.4 is 20.9 Å². The fourth-order valence-electron chi connectivity index (χ4n) is 2.63. The van der Waals surface area contributed by atoms with E-state index in [2.05, 4.69) is 16.2 Å². The van der Waals surface area contributed by atoms with Crippen LogP contribution in [0.15, 0.2) is 36.4 Å². The van der Waals surface area contributed by atoms with Crippen molar-refractivity contribution in [1.82, 2.24) is 10.9 Å². The van der Waals surface area contributed by atoms with Gasteiger partial charge in [0.2, 0.25) is 5.91 Å². The Hall–Kier alpha value is -3.06. The Kier molecular flexibility index (Phi) is 5.09. The van der Waals surface area contributed by atoms with E-state index in [1.807, 2.05) is 0 Å². The zero-order valence-corrected chi connectivity index (χ0v) is 14.6. The Morgan fingerprint density at radius 3 is 2.62 bits per heavy atom. The minimum Gasteiger partial charge on any atom is -0.496 e. The SMILES string of the molecule is COc1cc(Cl)ccc1C(=O)NNC(=O)c1ccc2c(c1)CCC(=O)N2. The van der Waals surface area contributed by atoms with Gasteiger partial charge in [-0.15, -0.1) is 0 Å². The first-order valence-corrected chi connectivity index (χ1v) is 8.22. The number of nitrogens with one attached hydrogen (secondary N) is 3. The molecule has 0 aromatic heterocycles. The zero-order chi connectivity index (χ0) is 18.7. The van der Waals surface area contributed by atoms with Gasteiger partial charge in [-0.05, 0) is 48.4 Å². The van der Waals surface area contributed by atoms with Gasteiger partial charge in [0, 0.05) is 22.7 Å². The van der Waals surface area contributed by atoms with Crippen molar-refractivity contribution in [3.63, 3.8) is 0 Å². The molecule has 1 aliphatic heterocycles. The number of amides is 3. The van der Waals surface area contributed by atoms with Gasteiger partial charge in [-0.1, -0.05) is 11.6 Å². The summed E-state index contributed by atoms with van der Waals surface area (Å²) in [7, 11) is 1.42. The molecule has 3 amide bonds. The van der Waals surface area contributed by atoms with E-state index in [0.29, 0.717) is 34.9 Å². The molecule has 0 fully saturated rings. The van der Waals surface area contributed by atoms with Gasteiger partial charge < -0.3 is 10.1 Å². The summed E-state index contributed by atoms with van der Waals surface area (Å²) in [6.45, 7) is 0. The Balaban J connectivity index is 1.67. The van der Waals surface area contributed by atoms with Crippen LogP contribution >= 0.6 is 11.6 Å². The molecule has 3 rings (SSSR count). The van der Waals surface area contributed by atoms with Crippen LogP contribution in [0.1, 0.15) is 32.7 Å². The fourth-order valence-corrected chi connectivity index (χ4v) is 2.79. The predicted octanol–water partition coefficient (Wildman–Crippen LogP) is 2.31. The number of carbonyl (C=O) groups is 3. The fraction of sp³-hybridized carbons (Fsp3) is 0.167. The summed E-state index contributed by atoms with van der Waals surface area (Å²) in [6.07, 6.45) is 0.946. The molecule has 0 atom stereocenters. The first-order valence-electron chi connectivity index (χ1n) is 7.85. The van der Waals surface area contributed by atoms with Crippen LogP contribution in [0.25, 0.3) is 0 Å². The maximum absolute atomic E-state index is 12.3. The van der Waals surface area contributed by atoms with Crippen molar-refractivity contribution in [1.29, 1.82) is 0 Å². The standard InChI is InChI=1S/C18H16ClN3O4/c1-26-15-9-12(19)4-5-13(15)18(25)22-21-17(24)11-2-6-14-10(8-11)3-7-16(23)20-14/h2,4-6,8-9H,3,7H2,1H3,(H,20,23)(H,21,24)(H,22,25). The zero-order valence-electron chi connectivity index (χ0n) is 13.9. The van der Waals surface area contributed by atoms with Gasteiger partial charge in [-0.3, -0.25) is 25.2 Å².